The van der Waals surface area contributed by atoms with E-state index in [1.807, 2.05) is 18.2 Å². The van der Waals surface area contributed by atoms with E-state index >= 15 is 0 Å². The lowest BCUT2D eigenvalue weighted by Gasteiger charge is -2.30. The fourth-order valence-electron chi connectivity index (χ4n) is 3.13. The van der Waals surface area contributed by atoms with Gasteiger partial charge in [0.15, 0.2) is 5.75 Å². The van der Waals surface area contributed by atoms with Gasteiger partial charge in [-0.2, -0.15) is 0 Å². The maximum absolute atomic E-state index is 12.5. The molecule has 0 spiro atoms. The quantitative estimate of drug-likeness (QED) is 0.872. The van der Waals surface area contributed by atoms with Crippen LogP contribution in [-0.2, 0) is 0 Å². The third-order valence-electron chi connectivity index (χ3n) is 4.35. The molecule has 108 valence electrons. The van der Waals surface area contributed by atoms with Crippen LogP contribution in [0.4, 0.5) is 5.69 Å². The first-order valence-corrected chi connectivity index (χ1v) is 7.56. The molecule has 1 aromatic rings. The molecule has 2 unspecified atom stereocenters. The van der Waals surface area contributed by atoms with Crippen molar-refractivity contribution in [2.24, 2.45) is 5.92 Å². The first kappa shape index (κ1) is 13.3. The maximum atomic E-state index is 12.5. The highest BCUT2D eigenvalue weighted by atomic mass is 16.5. The first-order valence-electron chi connectivity index (χ1n) is 7.56. The molecule has 0 saturated heterocycles. The smallest absolute Gasteiger partial charge is 0.255 e. The average molecular weight is 274 g/mol. The number of benzene rings is 1. The van der Waals surface area contributed by atoms with Gasteiger partial charge < -0.3 is 15.4 Å². The van der Waals surface area contributed by atoms with Crippen molar-refractivity contribution in [2.45, 2.75) is 38.6 Å². The predicted octanol–water partition coefficient (Wildman–Crippen LogP) is 2.80. The van der Waals surface area contributed by atoms with E-state index in [4.69, 9.17) is 4.74 Å². The Balaban J connectivity index is 1.77. The van der Waals surface area contributed by atoms with Crippen molar-refractivity contribution in [3.8, 4) is 5.75 Å². The van der Waals surface area contributed by atoms with Gasteiger partial charge in [-0.25, -0.2) is 0 Å². The van der Waals surface area contributed by atoms with E-state index < -0.39 is 0 Å². The normalized spacial score (nSPS) is 25.1. The Morgan fingerprint density at radius 1 is 1.35 bits per heavy atom. The van der Waals surface area contributed by atoms with Crippen molar-refractivity contribution in [1.29, 1.82) is 0 Å². The molecule has 20 heavy (non-hydrogen) atoms. The van der Waals surface area contributed by atoms with Gasteiger partial charge in [0, 0.05) is 12.6 Å². The SMILES string of the molecule is CC1CCCCC1NC(=O)c1cccc2c1OCCN2. The summed E-state index contributed by atoms with van der Waals surface area (Å²) >= 11 is 0. The van der Waals surface area contributed by atoms with E-state index in [1.54, 1.807) is 0 Å². The Kier molecular flexibility index (Phi) is 3.81. The number of carbonyl (C=O) groups is 1. The largest absolute Gasteiger partial charge is 0.489 e. The second-order valence-electron chi connectivity index (χ2n) is 5.80. The van der Waals surface area contributed by atoms with Crippen molar-refractivity contribution >= 4 is 11.6 Å². The fraction of sp³-hybridized carbons (Fsp3) is 0.562. The summed E-state index contributed by atoms with van der Waals surface area (Å²) in [6, 6.07) is 5.99. The highest BCUT2D eigenvalue weighted by Gasteiger charge is 2.25. The number of amides is 1. The van der Waals surface area contributed by atoms with E-state index in [0.29, 0.717) is 29.9 Å². The summed E-state index contributed by atoms with van der Waals surface area (Å²) in [6.07, 6.45) is 4.78. The summed E-state index contributed by atoms with van der Waals surface area (Å²) in [5, 5.41) is 6.45. The molecule has 1 aromatic carbocycles. The number of anilines is 1. The summed E-state index contributed by atoms with van der Waals surface area (Å²) in [4.78, 5) is 12.5. The zero-order valence-electron chi connectivity index (χ0n) is 11.9. The van der Waals surface area contributed by atoms with Gasteiger partial charge in [0.1, 0.15) is 6.61 Å². The number of para-hydroxylation sites is 1. The standard InChI is InChI=1S/C16H22N2O2/c1-11-5-2-3-7-13(11)18-16(19)12-6-4-8-14-15(12)20-10-9-17-14/h4,6,8,11,13,17H,2-3,5,7,9-10H2,1H3,(H,18,19). The van der Waals surface area contributed by atoms with Crippen LogP contribution < -0.4 is 15.4 Å². The first-order chi connectivity index (χ1) is 9.75. The molecule has 1 fully saturated rings. The second-order valence-corrected chi connectivity index (χ2v) is 5.80. The Hall–Kier alpha value is -1.71. The van der Waals surface area contributed by atoms with Gasteiger partial charge in [-0.3, -0.25) is 4.79 Å². The summed E-state index contributed by atoms with van der Waals surface area (Å²) in [7, 11) is 0. The lowest BCUT2D eigenvalue weighted by Crippen LogP contribution is -2.41. The van der Waals surface area contributed by atoms with Crippen molar-refractivity contribution < 1.29 is 9.53 Å². The monoisotopic (exact) mass is 274 g/mol. The van der Waals surface area contributed by atoms with Gasteiger partial charge in [-0.1, -0.05) is 25.8 Å². The molecule has 1 aliphatic carbocycles. The minimum atomic E-state index is -0.00991. The molecule has 2 atom stereocenters. The van der Waals surface area contributed by atoms with Gasteiger partial charge in [-0.05, 0) is 30.9 Å². The number of nitrogens with one attached hydrogen (secondary N) is 2. The van der Waals surface area contributed by atoms with Crippen molar-refractivity contribution in [1.82, 2.24) is 5.32 Å². The van der Waals surface area contributed by atoms with Gasteiger partial charge >= 0.3 is 0 Å². The molecule has 1 amide bonds. The Morgan fingerprint density at radius 2 is 2.20 bits per heavy atom. The van der Waals surface area contributed by atoms with Crippen LogP contribution in [0, 0.1) is 5.92 Å². The lowest BCUT2D eigenvalue weighted by molar-refractivity contribution is 0.0906. The molecule has 2 aliphatic rings. The van der Waals surface area contributed by atoms with Gasteiger partial charge in [0.05, 0.1) is 11.3 Å². The molecule has 0 radical (unpaired) electrons. The highest BCUT2D eigenvalue weighted by Crippen LogP contribution is 2.32. The molecule has 1 saturated carbocycles. The van der Waals surface area contributed by atoms with Crippen LogP contribution in [0.3, 0.4) is 0 Å². The number of fused-ring (bicyclic) bond motifs is 1. The van der Waals surface area contributed by atoms with E-state index in [0.717, 1.165) is 18.7 Å². The van der Waals surface area contributed by atoms with Crippen LogP contribution in [0.2, 0.25) is 0 Å². The van der Waals surface area contributed by atoms with Gasteiger partial charge in [0.25, 0.3) is 5.91 Å². The topological polar surface area (TPSA) is 50.4 Å². The number of ether oxygens (including phenoxy) is 1. The molecule has 1 aliphatic heterocycles. The zero-order chi connectivity index (χ0) is 13.9. The molecular weight excluding hydrogens is 252 g/mol. The summed E-state index contributed by atoms with van der Waals surface area (Å²) in [5.74, 6) is 1.25. The van der Waals surface area contributed by atoms with E-state index in [9.17, 15) is 4.79 Å². The van der Waals surface area contributed by atoms with Crippen molar-refractivity contribution in [3.63, 3.8) is 0 Å². The second kappa shape index (κ2) is 5.73. The lowest BCUT2D eigenvalue weighted by atomic mass is 9.86. The van der Waals surface area contributed by atoms with Crippen LogP contribution in [0.15, 0.2) is 18.2 Å². The molecule has 3 rings (SSSR count). The van der Waals surface area contributed by atoms with Crippen LogP contribution in [-0.4, -0.2) is 25.1 Å². The number of hydrogen-bond acceptors (Lipinski definition) is 3. The molecular formula is C16H22N2O2. The predicted molar refractivity (Wildman–Crippen MR) is 79.3 cm³/mol. The van der Waals surface area contributed by atoms with Gasteiger partial charge in [-0.15, -0.1) is 0 Å². The molecule has 2 N–H and O–H groups in total. The number of carbonyl (C=O) groups excluding carboxylic acids is 1. The minimum absolute atomic E-state index is 0.00991. The fourth-order valence-corrected chi connectivity index (χ4v) is 3.13. The van der Waals surface area contributed by atoms with Crippen LogP contribution in [0.1, 0.15) is 43.0 Å². The van der Waals surface area contributed by atoms with E-state index in [-0.39, 0.29) is 5.91 Å². The molecule has 0 aromatic heterocycles. The Morgan fingerprint density at radius 3 is 3.05 bits per heavy atom. The molecule has 4 nitrogen and oxygen atoms in total. The molecule has 4 heteroatoms. The number of rotatable bonds is 2. The minimum Gasteiger partial charge on any atom is -0.489 e. The van der Waals surface area contributed by atoms with Gasteiger partial charge in [0.2, 0.25) is 0 Å². The summed E-state index contributed by atoms with van der Waals surface area (Å²) < 4.78 is 5.67. The van der Waals surface area contributed by atoms with E-state index in [2.05, 4.69) is 17.6 Å². The number of hydrogen-bond donors (Lipinski definition) is 2. The van der Waals surface area contributed by atoms with Crippen LogP contribution in [0.5, 0.6) is 5.75 Å². The molecule has 0 bridgehead atoms. The third kappa shape index (κ3) is 2.60. The summed E-state index contributed by atoms with van der Waals surface area (Å²) in [5.41, 5.74) is 1.56. The zero-order valence-corrected chi connectivity index (χ0v) is 11.9. The molecule has 1 heterocycles. The van der Waals surface area contributed by atoms with Crippen LogP contribution in [0.25, 0.3) is 0 Å². The summed E-state index contributed by atoms with van der Waals surface area (Å²) in [6.45, 7) is 3.62. The van der Waals surface area contributed by atoms with Crippen molar-refractivity contribution in [3.05, 3.63) is 23.8 Å². The maximum Gasteiger partial charge on any atom is 0.255 e. The van der Waals surface area contributed by atoms with Crippen molar-refractivity contribution in [2.75, 3.05) is 18.5 Å². The Labute approximate surface area is 119 Å². The van der Waals surface area contributed by atoms with Crippen LogP contribution >= 0.6 is 0 Å². The Bertz CT molecular complexity index is 501. The third-order valence-corrected chi connectivity index (χ3v) is 4.35. The average Bonchev–Trinajstić information content (AvgIpc) is 2.49. The highest BCUT2D eigenvalue weighted by molar-refractivity contribution is 5.99. The van der Waals surface area contributed by atoms with E-state index in [1.165, 1.54) is 19.3 Å².